The number of halogens is 2. The van der Waals surface area contributed by atoms with Crippen LogP contribution in [0.1, 0.15) is 93.4 Å². The van der Waals surface area contributed by atoms with E-state index in [4.69, 9.17) is 9.84 Å². The number of pyridine rings is 1. The highest BCUT2D eigenvalue weighted by molar-refractivity contribution is 8.13. The van der Waals surface area contributed by atoms with Crippen molar-refractivity contribution < 1.29 is 33.0 Å². The third-order valence-electron chi connectivity index (χ3n) is 12.9. The van der Waals surface area contributed by atoms with Crippen molar-refractivity contribution in [2.45, 2.75) is 96.4 Å². The van der Waals surface area contributed by atoms with Crippen LogP contribution in [0.5, 0.6) is 0 Å². The molecule has 7 rings (SSSR count). The molecule has 4 aliphatic carbocycles. The summed E-state index contributed by atoms with van der Waals surface area (Å²) in [6, 6.07) is 10.2. The smallest absolute Gasteiger partial charge is 0.306 e. The van der Waals surface area contributed by atoms with Gasteiger partial charge in [0.2, 0.25) is 5.12 Å². The van der Waals surface area contributed by atoms with Crippen molar-refractivity contribution in [3.05, 3.63) is 82.9 Å². The molecule has 0 saturated heterocycles. The molecule has 0 unspecified atom stereocenters. The topological polar surface area (TPSA) is 111 Å². The summed E-state index contributed by atoms with van der Waals surface area (Å²) in [5, 5.41) is 16.2. The number of aliphatic hydroxyl groups excluding tert-OH is 1. The van der Waals surface area contributed by atoms with Gasteiger partial charge in [0.1, 0.15) is 11.7 Å². The van der Waals surface area contributed by atoms with Crippen LogP contribution < -0.4 is 0 Å². The van der Waals surface area contributed by atoms with Gasteiger partial charge in [-0.2, -0.15) is 5.10 Å². The molecule has 1 N–H and O–H groups in total. The van der Waals surface area contributed by atoms with E-state index in [0.29, 0.717) is 55.9 Å². The lowest BCUT2D eigenvalue weighted by molar-refractivity contribution is -0.231. The molecule has 0 spiro atoms. The third-order valence-corrected chi connectivity index (χ3v) is 13.6. The Hall–Kier alpha value is -3.70. The third kappa shape index (κ3) is 5.27. The van der Waals surface area contributed by atoms with Gasteiger partial charge in [0.15, 0.2) is 11.4 Å². The summed E-state index contributed by atoms with van der Waals surface area (Å²) in [5.41, 5.74) is -0.986. The summed E-state index contributed by atoms with van der Waals surface area (Å²) in [7, 11) is 0. The number of aryl methyl sites for hydroxylation is 1. The van der Waals surface area contributed by atoms with Gasteiger partial charge in [0, 0.05) is 53.5 Å². The highest BCUT2D eigenvalue weighted by Crippen LogP contribution is 2.72. The van der Waals surface area contributed by atoms with E-state index in [0.717, 1.165) is 28.1 Å². The molecule has 1 aromatic carbocycles. The Bertz CT molecular complexity index is 1900. The second-order valence-corrected chi connectivity index (χ2v) is 16.3. The average Bonchev–Trinajstić information content (AvgIpc) is 3.62. The molecule has 0 aliphatic heterocycles. The van der Waals surface area contributed by atoms with Gasteiger partial charge in [0.05, 0.1) is 23.7 Å². The first kappa shape index (κ1) is 35.7. The molecule has 11 heteroatoms. The van der Waals surface area contributed by atoms with Crippen LogP contribution in [0.25, 0.3) is 11.8 Å². The summed E-state index contributed by atoms with van der Waals surface area (Å²) in [6.45, 7) is 7.20. The van der Waals surface area contributed by atoms with Gasteiger partial charge >= 0.3 is 5.97 Å². The Morgan fingerprint density at radius 1 is 1.14 bits per heavy atom. The number of hydrogen-bond donors (Lipinski definition) is 1. The maximum absolute atomic E-state index is 18.3. The molecule has 0 amide bonds. The number of ketones is 1. The molecule has 270 valence electrons. The first-order chi connectivity index (χ1) is 24.3. The van der Waals surface area contributed by atoms with Crippen LogP contribution in [0.3, 0.4) is 0 Å². The van der Waals surface area contributed by atoms with Gasteiger partial charge in [-0.3, -0.25) is 19.4 Å². The Morgan fingerprint density at radius 2 is 1.94 bits per heavy atom. The Morgan fingerprint density at radius 3 is 2.67 bits per heavy atom. The number of aliphatic hydroxyl groups is 1. The Balaban J connectivity index is 1.19. The fraction of sp³-hybridized carbons (Fsp3) is 0.525. The summed E-state index contributed by atoms with van der Waals surface area (Å²) in [4.78, 5) is 43.9. The van der Waals surface area contributed by atoms with Crippen molar-refractivity contribution in [3.8, 4) is 5.69 Å². The molecule has 0 bridgehead atoms. The Kier molecular flexibility index (Phi) is 9.14. The van der Waals surface area contributed by atoms with Crippen molar-refractivity contribution in [2.75, 3.05) is 6.01 Å². The summed E-state index contributed by atoms with van der Waals surface area (Å²) < 4.78 is 39.8. The van der Waals surface area contributed by atoms with Crippen molar-refractivity contribution in [1.29, 1.82) is 0 Å². The van der Waals surface area contributed by atoms with Gasteiger partial charge in [-0.1, -0.05) is 51.5 Å². The summed E-state index contributed by atoms with van der Waals surface area (Å²) >= 11 is 0.484. The second kappa shape index (κ2) is 13.1. The van der Waals surface area contributed by atoms with E-state index in [1.807, 2.05) is 57.2 Å². The number of hydrogen-bond acceptors (Lipinski definition) is 8. The predicted octanol–water partition coefficient (Wildman–Crippen LogP) is 7.45. The van der Waals surface area contributed by atoms with Gasteiger partial charge in [-0.15, -0.1) is 0 Å². The van der Waals surface area contributed by atoms with Crippen LogP contribution in [0.4, 0.5) is 8.78 Å². The highest BCUT2D eigenvalue weighted by atomic mass is 32.2. The molecule has 2 heterocycles. The number of thioether (sulfide) groups is 1. The quantitative estimate of drug-likeness (QED) is 0.180. The first-order valence-electron chi connectivity index (χ1n) is 18.0. The van der Waals surface area contributed by atoms with Crippen molar-refractivity contribution in [2.24, 2.45) is 28.6 Å². The van der Waals surface area contributed by atoms with Crippen LogP contribution in [-0.4, -0.2) is 60.1 Å². The monoisotopic (exact) mass is 717 g/mol. The van der Waals surface area contributed by atoms with Crippen molar-refractivity contribution in [1.82, 2.24) is 14.8 Å². The zero-order chi connectivity index (χ0) is 36.3. The summed E-state index contributed by atoms with van der Waals surface area (Å²) in [6.07, 6.45) is 8.39. The maximum atomic E-state index is 18.3. The number of Topliss-reactive ketones (excluding diaryl/α,β-unsaturated/α-hetero) is 1. The summed E-state index contributed by atoms with van der Waals surface area (Å²) in [5.74, 6) is -2.03. The number of esters is 1. The molecular weight excluding hydrogens is 673 g/mol. The van der Waals surface area contributed by atoms with E-state index in [-0.39, 0.29) is 24.5 Å². The average molecular weight is 718 g/mol. The van der Waals surface area contributed by atoms with Gasteiger partial charge in [0.25, 0.3) is 0 Å². The number of carbonyl (C=O) groups is 3. The number of aromatic nitrogens is 3. The van der Waals surface area contributed by atoms with E-state index in [2.05, 4.69) is 4.98 Å². The predicted molar refractivity (Wildman–Crippen MR) is 190 cm³/mol. The number of rotatable bonds is 9. The van der Waals surface area contributed by atoms with E-state index in [1.54, 1.807) is 36.3 Å². The molecule has 8 atom stereocenters. The van der Waals surface area contributed by atoms with Crippen molar-refractivity contribution >= 4 is 34.7 Å². The van der Waals surface area contributed by atoms with Gasteiger partial charge < -0.3 is 9.84 Å². The number of nitrogens with zero attached hydrogens (tertiary/aromatic N) is 3. The molecule has 8 nitrogen and oxygen atoms in total. The minimum absolute atomic E-state index is 0.0170. The van der Waals surface area contributed by atoms with E-state index in [9.17, 15) is 23.9 Å². The number of alkyl halides is 2. The molecule has 3 saturated carbocycles. The van der Waals surface area contributed by atoms with Crippen molar-refractivity contribution in [3.63, 3.8) is 0 Å². The van der Waals surface area contributed by atoms with Gasteiger partial charge in [-0.05, 0) is 91.6 Å². The molecule has 3 fully saturated rings. The largest absolute Gasteiger partial charge is 0.449 e. The zero-order valence-corrected chi connectivity index (χ0v) is 30.3. The molecule has 51 heavy (non-hydrogen) atoms. The maximum Gasteiger partial charge on any atom is 0.306 e. The molecule has 3 aromatic rings. The molecule has 0 radical (unpaired) electrons. The van der Waals surface area contributed by atoms with Crippen LogP contribution in [0, 0.1) is 28.6 Å². The van der Waals surface area contributed by atoms with Gasteiger partial charge in [-0.25, -0.2) is 13.5 Å². The number of benzene rings is 1. The standard InChI is InChI=1S/C40H45F2N3O5S/c1-5-35(48)50-40(36(49)51-23-41)24(2)16-31-30-13-12-28-18-32-27(19-37(28,3)39(30,42)34(47)20-38(31,40)4)22-44-45(32)29-10-6-9-26(17-29)33(46)14-11-25-8-7-15-43-21-25/h6-10,15,17-18,21-22,24,30-31,34,47H,5,11-14,16,19-20,23H2,1-4H3/t24-,30+,31+,34+,37+,38+,39+,40+/m1/s1. The van der Waals surface area contributed by atoms with E-state index in [1.165, 1.54) is 0 Å². The van der Waals surface area contributed by atoms with Crippen LogP contribution >= 0.6 is 11.8 Å². The SMILES string of the molecule is CCC(=O)O[C@]1(C(=O)SCF)[C@H](C)C[C@H]2[C@@H]3CCC4=Cc5c(cnn5-c5cccc(C(=O)CCc6cccnc6)c5)C[C@]4(C)[C@@]3(F)[C@@H](O)C[C@@]21C. The first-order valence-corrected chi connectivity index (χ1v) is 18.9. The number of carbonyl (C=O) groups excluding carboxylic acids is 3. The number of allylic oxidation sites excluding steroid dienone is 1. The van der Waals surface area contributed by atoms with E-state index < -0.39 is 57.1 Å². The van der Waals surface area contributed by atoms with Crippen LogP contribution in [0.2, 0.25) is 0 Å². The second-order valence-electron chi connectivity index (χ2n) is 15.4. The molecule has 4 aliphatic rings. The lowest BCUT2D eigenvalue weighted by Gasteiger charge is -2.63. The normalized spacial score (nSPS) is 33.7. The molecule has 2 aromatic heterocycles. The van der Waals surface area contributed by atoms with Crippen LogP contribution in [-0.2, 0) is 27.2 Å². The minimum atomic E-state index is -2.04. The number of fused-ring (bicyclic) bond motifs is 6. The lowest BCUT2D eigenvalue weighted by atomic mass is 9.44. The minimum Gasteiger partial charge on any atom is -0.449 e. The lowest BCUT2D eigenvalue weighted by Crippen LogP contribution is -2.70. The number of ether oxygens (including phenoxy) is 1. The fourth-order valence-electron chi connectivity index (χ4n) is 10.4. The molecular formula is C40H45F2N3O5S. The van der Waals surface area contributed by atoms with Crippen LogP contribution in [0.15, 0.2) is 60.6 Å². The van der Waals surface area contributed by atoms with E-state index >= 15 is 4.39 Å². The Labute approximate surface area is 301 Å². The fourth-order valence-corrected chi connectivity index (χ4v) is 11.2. The highest BCUT2D eigenvalue weighted by Gasteiger charge is 2.77. The zero-order valence-electron chi connectivity index (χ0n) is 29.5.